The minimum absolute atomic E-state index is 0.0276. The second kappa shape index (κ2) is 5.95. The quantitative estimate of drug-likeness (QED) is 0.871. The molecule has 0 radical (unpaired) electrons. The molecule has 0 bridgehead atoms. The van der Waals surface area contributed by atoms with Crippen molar-refractivity contribution < 1.29 is 17.9 Å². The molecule has 1 heterocycles. The summed E-state index contributed by atoms with van der Waals surface area (Å²) in [4.78, 5) is 11.5. The molecular formula is C13H10N2O4S2. The minimum Gasteiger partial charge on any atom is -0.465 e. The SMILES string of the molecule is COC(=O)c1sccc1NS(=O)(=O)c1ccccc1C#N. The topological polar surface area (TPSA) is 96.3 Å². The largest absolute Gasteiger partial charge is 0.465 e. The Kier molecular flexibility index (Phi) is 4.26. The molecule has 0 saturated heterocycles. The number of carbonyl (C=O) groups is 1. The van der Waals surface area contributed by atoms with Gasteiger partial charge in [0.25, 0.3) is 10.0 Å². The van der Waals surface area contributed by atoms with Crippen LogP contribution >= 0.6 is 11.3 Å². The van der Waals surface area contributed by atoms with E-state index in [2.05, 4.69) is 9.46 Å². The summed E-state index contributed by atoms with van der Waals surface area (Å²) in [6.07, 6.45) is 0. The fraction of sp³-hybridized carbons (Fsp3) is 0.0769. The van der Waals surface area contributed by atoms with Gasteiger partial charge in [-0.25, -0.2) is 13.2 Å². The molecule has 0 fully saturated rings. The molecule has 108 valence electrons. The number of nitrogens with zero attached hydrogens (tertiary/aromatic N) is 1. The summed E-state index contributed by atoms with van der Waals surface area (Å²) in [7, 11) is -2.75. The van der Waals surface area contributed by atoms with Crippen LogP contribution in [0.25, 0.3) is 0 Å². The van der Waals surface area contributed by atoms with Crippen LogP contribution in [0.2, 0.25) is 0 Å². The van der Waals surface area contributed by atoms with Crippen LogP contribution in [0.15, 0.2) is 40.6 Å². The highest BCUT2D eigenvalue weighted by molar-refractivity contribution is 7.92. The lowest BCUT2D eigenvalue weighted by atomic mass is 10.2. The van der Waals surface area contributed by atoms with Gasteiger partial charge < -0.3 is 4.74 Å². The highest BCUT2D eigenvalue weighted by atomic mass is 32.2. The highest BCUT2D eigenvalue weighted by Crippen LogP contribution is 2.26. The van der Waals surface area contributed by atoms with Crippen molar-refractivity contribution in [2.45, 2.75) is 4.90 Å². The normalized spacial score (nSPS) is 10.7. The summed E-state index contributed by atoms with van der Waals surface area (Å²) in [5.74, 6) is -0.628. The lowest BCUT2D eigenvalue weighted by Gasteiger charge is -2.09. The Morgan fingerprint density at radius 3 is 2.71 bits per heavy atom. The number of rotatable bonds is 4. The van der Waals surface area contributed by atoms with Crippen molar-refractivity contribution in [3.63, 3.8) is 0 Å². The van der Waals surface area contributed by atoms with Crippen LogP contribution in [0.3, 0.4) is 0 Å². The lowest BCUT2D eigenvalue weighted by molar-refractivity contribution is 0.0607. The summed E-state index contributed by atoms with van der Waals surface area (Å²) in [5.41, 5.74) is 0.152. The van der Waals surface area contributed by atoms with E-state index >= 15 is 0 Å². The summed E-state index contributed by atoms with van der Waals surface area (Å²) >= 11 is 1.06. The van der Waals surface area contributed by atoms with E-state index in [0.717, 1.165) is 11.3 Å². The van der Waals surface area contributed by atoms with E-state index in [1.165, 1.54) is 31.4 Å². The zero-order valence-corrected chi connectivity index (χ0v) is 12.5. The molecule has 0 aliphatic carbocycles. The molecule has 1 N–H and O–H groups in total. The molecular weight excluding hydrogens is 312 g/mol. The van der Waals surface area contributed by atoms with Crippen molar-refractivity contribution in [3.05, 3.63) is 46.2 Å². The average Bonchev–Trinajstić information content (AvgIpc) is 2.93. The first kappa shape index (κ1) is 15.0. The average molecular weight is 322 g/mol. The van der Waals surface area contributed by atoms with Crippen LogP contribution < -0.4 is 4.72 Å². The van der Waals surface area contributed by atoms with Gasteiger partial charge in [-0.1, -0.05) is 12.1 Å². The van der Waals surface area contributed by atoms with Crippen molar-refractivity contribution in [3.8, 4) is 6.07 Å². The molecule has 21 heavy (non-hydrogen) atoms. The second-order valence-corrected chi connectivity index (χ2v) is 6.44. The maximum Gasteiger partial charge on any atom is 0.350 e. The molecule has 1 aromatic carbocycles. The third-order valence-electron chi connectivity index (χ3n) is 2.58. The smallest absolute Gasteiger partial charge is 0.350 e. The molecule has 8 heteroatoms. The van der Waals surface area contributed by atoms with Crippen LogP contribution in [0.4, 0.5) is 5.69 Å². The summed E-state index contributed by atoms with van der Waals surface area (Å²) in [6.45, 7) is 0. The summed E-state index contributed by atoms with van der Waals surface area (Å²) in [5, 5.41) is 10.5. The number of thiophene rings is 1. The molecule has 0 aliphatic rings. The van der Waals surface area contributed by atoms with E-state index in [1.807, 2.05) is 6.07 Å². The zero-order valence-electron chi connectivity index (χ0n) is 10.9. The standard InChI is InChI=1S/C13H10N2O4S2/c1-19-13(16)12-10(6-7-20-12)15-21(17,18)11-5-3-2-4-9(11)8-14/h2-7,15H,1H3. The van der Waals surface area contributed by atoms with Gasteiger partial charge in [-0.05, 0) is 23.6 Å². The van der Waals surface area contributed by atoms with Gasteiger partial charge in [0.05, 0.1) is 18.4 Å². The van der Waals surface area contributed by atoms with Gasteiger partial charge in [-0.15, -0.1) is 11.3 Å². The van der Waals surface area contributed by atoms with E-state index in [9.17, 15) is 13.2 Å². The highest BCUT2D eigenvalue weighted by Gasteiger charge is 2.22. The Morgan fingerprint density at radius 1 is 1.33 bits per heavy atom. The first-order chi connectivity index (χ1) is 9.99. The fourth-order valence-corrected chi connectivity index (χ4v) is 3.69. The number of sulfonamides is 1. The first-order valence-electron chi connectivity index (χ1n) is 5.67. The predicted octanol–water partition coefficient (Wildman–Crippen LogP) is 2.21. The summed E-state index contributed by atoms with van der Waals surface area (Å²) < 4.78 is 31.6. The molecule has 0 atom stereocenters. The molecule has 2 aromatic rings. The van der Waals surface area contributed by atoms with E-state index in [-0.39, 0.29) is 21.0 Å². The molecule has 0 amide bonds. The van der Waals surface area contributed by atoms with Crippen LogP contribution in [-0.4, -0.2) is 21.5 Å². The van der Waals surface area contributed by atoms with Crippen LogP contribution in [-0.2, 0) is 14.8 Å². The van der Waals surface area contributed by atoms with Crippen LogP contribution in [0, 0.1) is 11.3 Å². The van der Waals surface area contributed by atoms with Gasteiger partial charge in [0.1, 0.15) is 15.8 Å². The minimum atomic E-state index is -3.96. The number of hydrogen-bond acceptors (Lipinski definition) is 6. The van der Waals surface area contributed by atoms with Crippen molar-refractivity contribution in [2.75, 3.05) is 11.8 Å². The predicted molar refractivity (Wildman–Crippen MR) is 77.6 cm³/mol. The molecule has 2 rings (SSSR count). The van der Waals surface area contributed by atoms with Gasteiger partial charge in [-0.2, -0.15) is 5.26 Å². The number of ether oxygens (including phenoxy) is 1. The fourth-order valence-electron chi connectivity index (χ4n) is 1.63. The van der Waals surface area contributed by atoms with Gasteiger partial charge in [0, 0.05) is 0 Å². The van der Waals surface area contributed by atoms with E-state index in [0.29, 0.717) is 0 Å². The number of benzene rings is 1. The van der Waals surface area contributed by atoms with E-state index in [4.69, 9.17) is 5.26 Å². The maximum absolute atomic E-state index is 12.3. The Morgan fingerprint density at radius 2 is 2.05 bits per heavy atom. The Balaban J connectivity index is 2.42. The number of methoxy groups -OCH3 is 1. The van der Waals surface area contributed by atoms with E-state index < -0.39 is 16.0 Å². The van der Waals surface area contributed by atoms with E-state index in [1.54, 1.807) is 11.4 Å². The number of carbonyl (C=O) groups excluding carboxylic acids is 1. The summed E-state index contributed by atoms with van der Waals surface area (Å²) in [6, 6.07) is 9.10. The van der Waals surface area contributed by atoms with Gasteiger partial charge in [0.2, 0.25) is 0 Å². The molecule has 6 nitrogen and oxygen atoms in total. The maximum atomic E-state index is 12.3. The molecule has 0 aliphatic heterocycles. The van der Waals surface area contributed by atoms with Crippen molar-refractivity contribution in [1.82, 2.24) is 0 Å². The number of nitriles is 1. The lowest BCUT2D eigenvalue weighted by Crippen LogP contribution is -2.16. The van der Waals surface area contributed by atoms with Crippen LogP contribution in [0.1, 0.15) is 15.2 Å². The second-order valence-electron chi connectivity index (χ2n) is 3.87. The first-order valence-corrected chi connectivity index (χ1v) is 8.03. The molecule has 0 spiro atoms. The zero-order chi connectivity index (χ0) is 15.5. The monoisotopic (exact) mass is 322 g/mol. The Labute approximate surface area is 125 Å². The number of hydrogen-bond donors (Lipinski definition) is 1. The third-order valence-corrected chi connectivity index (χ3v) is 4.90. The van der Waals surface area contributed by atoms with Gasteiger partial charge in [0.15, 0.2) is 0 Å². The van der Waals surface area contributed by atoms with Crippen molar-refractivity contribution >= 4 is 33.0 Å². The number of anilines is 1. The van der Waals surface area contributed by atoms with Crippen LogP contribution in [0.5, 0.6) is 0 Å². The number of esters is 1. The van der Waals surface area contributed by atoms with Crippen molar-refractivity contribution in [2.24, 2.45) is 0 Å². The Hall–Kier alpha value is -2.37. The van der Waals surface area contributed by atoms with Crippen molar-refractivity contribution in [1.29, 1.82) is 5.26 Å². The van der Waals surface area contributed by atoms with Gasteiger partial charge in [-0.3, -0.25) is 4.72 Å². The van der Waals surface area contributed by atoms with Gasteiger partial charge >= 0.3 is 5.97 Å². The Bertz CT molecular complexity index is 819. The molecule has 1 aromatic heterocycles. The molecule has 0 saturated carbocycles. The third kappa shape index (κ3) is 3.04. The number of nitrogens with one attached hydrogen (secondary N) is 1. The molecule has 0 unspecified atom stereocenters.